The number of imidazole rings is 1. The Balaban J connectivity index is 1.72. The molecule has 28 heavy (non-hydrogen) atoms. The predicted octanol–water partition coefficient (Wildman–Crippen LogP) is 3.48. The Labute approximate surface area is 166 Å². The number of hydrogen-bond acceptors (Lipinski definition) is 4. The number of halogens is 1. The first-order valence-electron chi connectivity index (χ1n) is 9.00. The summed E-state index contributed by atoms with van der Waals surface area (Å²) < 4.78 is 6.93. The van der Waals surface area contributed by atoms with Crippen molar-refractivity contribution in [3.05, 3.63) is 59.1 Å². The molecule has 0 aliphatic carbocycles. The molecule has 0 atom stereocenters. The highest BCUT2D eigenvalue weighted by atomic mass is 35.5. The fourth-order valence-electron chi connectivity index (χ4n) is 3.38. The van der Waals surface area contributed by atoms with E-state index in [4.69, 9.17) is 16.3 Å². The second-order valence-corrected chi connectivity index (χ2v) is 6.97. The Bertz CT molecular complexity index is 1060. The van der Waals surface area contributed by atoms with E-state index in [1.807, 2.05) is 0 Å². The van der Waals surface area contributed by atoms with Crippen LogP contribution in [0.15, 0.2) is 42.6 Å². The molecule has 1 aliphatic heterocycles. The summed E-state index contributed by atoms with van der Waals surface area (Å²) >= 11 is 6.04. The Morgan fingerprint density at radius 1 is 1.18 bits per heavy atom. The van der Waals surface area contributed by atoms with E-state index in [2.05, 4.69) is 10.3 Å². The number of hydrogen-bond donors (Lipinski definition) is 1. The van der Waals surface area contributed by atoms with Gasteiger partial charge < -0.3 is 15.0 Å². The van der Waals surface area contributed by atoms with Crippen molar-refractivity contribution in [2.75, 3.05) is 25.5 Å². The number of ether oxygens (including phenoxy) is 1. The van der Waals surface area contributed by atoms with E-state index in [1.165, 1.54) is 7.11 Å². The van der Waals surface area contributed by atoms with E-state index >= 15 is 0 Å². The summed E-state index contributed by atoms with van der Waals surface area (Å²) in [4.78, 5) is 32.0. The van der Waals surface area contributed by atoms with Crippen molar-refractivity contribution in [2.24, 2.45) is 0 Å². The third-order valence-electron chi connectivity index (χ3n) is 4.76. The van der Waals surface area contributed by atoms with Gasteiger partial charge in [0.05, 0.1) is 18.3 Å². The van der Waals surface area contributed by atoms with E-state index < -0.39 is 5.91 Å². The quantitative estimate of drug-likeness (QED) is 0.730. The van der Waals surface area contributed by atoms with Crippen molar-refractivity contribution < 1.29 is 14.3 Å². The molecule has 144 valence electrons. The molecule has 1 aliphatic rings. The molecule has 3 aromatic rings. The predicted molar refractivity (Wildman–Crippen MR) is 106 cm³/mol. The van der Waals surface area contributed by atoms with Crippen LogP contribution in [0.1, 0.15) is 33.9 Å². The Morgan fingerprint density at radius 3 is 2.71 bits per heavy atom. The van der Waals surface area contributed by atoms with Crippen LogP contribution in [-0.4, -0.2) is 46.3 Å². The minimum atomic E-state index is -0.440. The Morgan fingerprint density at radius 2 is 1.96 bits per heavy atom. The van der Waals surface area contributed by atoms with Crippen molar-refractivity contribution >= 4 is 34.6 Å². The van der Waals surface area contributed by atoms with Gasteiger partial charge in [-0.2, -0.15) is 0 Å². The van der Waals surface area contributed by atoms with E-state index in [0.717, 1.165) is 12.8 Å². The number of benzene rings is 1. The van der Waals surface area contributed by atoms with E-state index in [9.17, 15) is 9.59 Å². The van der Waals surface area contributed by atoms with Crippen LogP contribution in [0.3, 0.4) is 0 Å². The lowest BCUT2D eigenvalue weighted by Crippen LogP contribution is -2.29. The number of carbonyl (C=O) groups excluding carboxylic acids is 2. The number of fused-ring (bicyclic) bond motifs is 1. The van der Waals surface area contributed by atoms with E-state index in [1.54, 1.807) is 51.9 Å². The largest absolute Gasteiger partial charge is 0.495 e. The molecule has 2 amide bonds. The van der Waals surface area contributed by atoms with Crippen LogP contribution in [0.4, 0.5) is 5.69 Å². The van der Waals surface area contributed by atoms with Gasteiger partial charge in [-0.3, -0.25) is 14.0 Å². The number of likely N-dealkylation sites (tertiary alicyclic amines) is 1. The zero-order valence-electron chi connectivity index (χ0n) is 15.3. The van der Waals surface area contributed by atoms with Gasteiger partial charge in [0.15, 0.2) is 5.69 Å². The fourth-order valence-corrected chi connectivity index (χ4v) is 3.55. The Kier molecular flexibility index (Phi) is 4.92. The summed E-state index contributed by atoms with van der Waals surface area (Å²) in [7, 11) is 1.51. The molecule has 3 heterocycles. The molecule has 7 nitrogen and oxygen atoms in total. The molecule has 0 saturated carbocycles. The number of pyridine rings is 1. The van der Waals surface area contributed by atoms with Gasteiger partial charge in [0.25, 0.3) is 11.8 Å². The van der Waals surface area contributed by atoms with Crippen LogP contribution in [0.2, 0.25) is 5.02 Å². The number of nitrogens with zero attached hydrogens (tertiary/aromatic N) is 3. The fraction of sp³-hybridized carbons (Fsp3) is 0.250. The zero-order chi connectivity index (χ0) is 19.7. The first kappa shape index (κ1) is 18.3. The van der Waals surface area contributed by atoms with Crippen LogP contribution >= 0.6 is 11.6 Å². The highest BCUT2D eigenvalue weighted by Crippen LogP contribution is 2.28. The van der Waals surface area contributed by atoms with Gasteiger partial charge in [0.1, 0.15) is 5.75 Å². The van der Waals surface area contributed by atoms with Gasteiger partial charge in [-0.15, -0.1) is 0 Å². The summed E-state index contributed by atoms with van der Waals surface area (Å²) in [6.07, 6.45) is 3.70. The van der Waals surface area contributed by atoms with Crippen molar-refractivity contribution in [1.29, 1.82) is 0 Å². The summed E-state index contributed by atoms with van der Waals surface area (Å²) in [6.45, 7) is 1.42. The van der Waals surface area contributed by atoms with Crippen molar-refractivity contribution in [3.63, 3.8) is 0 Å². The second kappa shape index (κ2) is 7.52. The molecule has 0 unspecified atom stereocenters. The normalized spacial score (nSPS) is 13.7. The van der Waals surface area contributed by atoms with Gasteiger partial charge in [0, 0.05) is 24.3 Å². The van der Waals surface area contributed by atoms with Crippen LogP contribution in [-0.2, 0) is 0 Å². The monoisotopic (exact) mass is 398 g/mol. The number of nitrogens with one attached hydrogen (secondary N) is 1. The topological polar surface area (TPSA) is 75.9 Å². The van der Waals surface area contributed by atoms with Crippen LogP contribution in [0.5, 0.6) is 5.75 Å². The van der Waals surface area contributed by atoms with Crippen molar-refractivity contribution in [3.8, 4) is 5.75 Å². The van der Waals surface area contributed by atoms with Gasteiger partial charge in [-0.1, -0.05) is 17.7 Å². The smallest absolute Gasteiger partial charge is 0.290 e. The van der Waals surface area contributed by atoms with Gasteiger partial charge in [-0.05, 0) is 43.2 Å². The second-order valence-electron chi connectivity index (χ2n) is 6.54. The summed E-state index contributed by atoms with van der Waals surface area (Å²) in [5.41, 5.74) is 1.17. The number of aromatic nitrogens is 2. The molecule has 8 heteroatoms. The van der Waals surface area contributed by atoms with E-state index in [-0.39, 0.29) is 17.4 Å². The number of amides is 2. The van der Waals surface area contributed by atoms with Crippen LogP contribution in [0.25, 0.3) is 5.52 Å². The average molecular weight is 399 g/mol. The molecule has 0 radical (unpaired) electrons. The molecule has 0 bridgehead atoms. The number of rotatable bonds is 4. The molecular weight excluding hydrogens is 380 g/mol. The maximum absolute atomic E-state index is 13.0. The summed E-state index contributed by atoms with van der Waals surface area (Å²) in [5, 5.41) is 3.25. The van der Waals surface area contributed by atoms with Gasteiger partial charge >= 0.3 is 0 Å². The van der Waals surface area contributed by atoms with Gasteiger partial charge in [-0.25, -0.2) is 4.98 Å². The third-order valence-corrected chi connectivity index (χ3v) is 4.99. The van der Waals surface area contributed by atoms with Crippen LogP contribution in [0, 0.1) is 0 Å². The molecular formula is C20H19ClN4O3. The number of methoxy groups -OCH3 is 1. The van der Waals surface area contributed by atoms with Crippen LogP contribution < -0.4 is 10.1 Å². The summed E-state index contributed by atoms with van der Waals surface area (Å²) in [5.74, 6) is 0.109. The zero-order valence-corrected chi connectivity index (χ0v) is 16.1. The molecule has 1 aromatic carbocycles. The first-order valence-corrected chi connectivity index (χ1v) is 9.37. The minimum Gasteiger partial charge on any atom is -0.495 e. The molecule has 1 saturated heterocycles. The lowest BCUT2D eigenvalue weighted by molar-refractivity contribution is 0.0780. The molecule has 1 fully saturated rings. The summed E-state index contributed by atoms with van der Waals surface area (Å²) in [6, 6.07) is 10.3. The van der Waals surface area contributed by atoms with E-state index in [0.29, 0.717) is 35.1 Å². The SMILES string of the molecule is COc1ccc(Cl)cc1NC(=O)c1nc(C(=O)N2CCCC2)n2ccccc12. The molecule has 0 spiro atoms. The highest BCUT2D eigenvalue weighted by Gasteiger charge is 2.27. The van der Waals surface area contributed by atoms with Crippen molar-refractivity contribution in [2.45, 2.75) is 12.8 Å². The lowest BCUT2D eigenvalue weighted by atomic mass is 10.2. The van der Waals surface area contributed by atoms with Gasteiger partial charge in [0.2, 0.25) is 5.82 Å². The molecule has 2 aromatic heterocycles. The number of anilines is 1. The maximum atomic E-state index is 13.0. The van der Waals surface area contributed by atoms with Crippen molar-refractivity contribution in [1.82, 2.24) is 14.3 Å². The third kappa shape index (κ3) is 3.29. The number of carbonyl (C=O) groups is 2. The Hall–Kier alpha value is -3.06. The highest BCUT2D eigenvalue weighted by molar-refractivity contribution is 6.31. The first-order chi connectivity index (χ1) is 13.6. The lowest BCUT2D eigenvalue weighted by Gasteiger charge is -2.13. The molecule has 4 rings (SSSR count). The standard InChI is InChI=1S/C20H19ClN4O3/c1-28-16-8-7-13(21)12-14(16)22-19(26)17-15-6-2-3-11-25(15)18(23-17)20(27)24-9-4-5-10-24/h2-3,6-8,11-12H,4-5,9-10H2,1H3,(H,22,26). The average Bonchev–Trinajstić information content (AvgIpc) is 3.36. The maximum Gasteiger partial charge on any atom is 0.290 e. The minimum absolute atomic E-state index is 0.168. The molecule has 1 N–H and O–H groups in total.